The van der Waals surface area contributed by atoms with Crippen LogP contribution in [-0.4, -0.2) is 47.8 Å². The lowest BCUT2D eigenvalue weighted by molar-refractivity contribution is 0.0686. The molecular formula is C29H34Cl2FN3O4. The molecule has 1 amide bonds. The maximum Gasteiger partial charge on any atom is 0.408 e. The van der Waals surface area contributed by atoms with Crippen LogP contribution < -0.4 is 10.6 Å². The van der Waals surface area contributed by atoms with Gasteiger partial charge in [-0.3, -0.25) is 5.32 Å². The highest BCUT2D eigenvalue weighted by Crippen LogP contribution is 2.52. The van der Waals surface area contributed by atoms with Crippen molar-refractivity contribution in [1.82, 2.24) is 10.6 Å². The second-order valence-electron chi connectivity index (χ2n) is 10.4. The number of hydrogen-bond acceptors (Lipinski definition) is 6. The Morgan fingerprint density at radius 3 is 2.59 bits per heavy atom. The number of ether oxygens (including phenoxy) is 1. The number of hydrogen-bond donors (Lipinski definition) is 4. The number of rotatable bonds is 9. The molecule has 0 spiro atoms. The van der Waals surface area contributed by atoms with Crippen LogP contribution in [0.1, 0.15) is 62.0 Å². The minimum absolute atomic E-state index is 0.0650. The monoisotopic (exact) mass is 577 g/mol. The first-order valence-corrected chi connectivity index (χ1v) is 14.2. The van der Waals surface area contributed by atoms with Crippen LogP contribution >= 0.6 is 23.2 Å². The summed E-state index contributed by atoms with van der Waals surface area (Å²) in [6.45, 7) is -0.360. The van der Waals surface area contributed by atoms with E-state index in [1.165, 1.54) is 12.5 Å². The third kappa shape index (κ3) is 6.50. The Kier molecular flexibility index (Phi) is 10.1. The molecule has 0 unspecified atom stereocenters. The molecule has 10 heteroatoms. The zero-order chi connectivity index (χ0) is 28.0. The number of halogens is 3. The quantitative estimate of drug-likeness (QED) is 0.316. The van der Waals surface area contributed by atoms with Gasteiger partial charge < -0.3 is 20.3 Å². The van der Waals surface area contributed by atoms with E-state index in [9.17, 15) is 15.2 Å². The Morgan fingerprint density at radius 1 is 1.21 bits per heavy atom. The average molecular weight is 579 g/mol. The van der Waals surface area contributed by atoms with E-state index in [-0.39, 0.29) is 23.6 Å². The van der Waals surface area contributed by atoms with Crippen LogP contribution in [0.15, 0.2) is 42.5 Å². The molecule has 0 radical (unpaired) electrons. The van der Waals surface area contributed by atoms with Gasteiger partial charge in [-0.2, -0.15) is 5.26 Å². The highest BCUT2D eigenvalue weighted by molar-refractivity contribution is 6.31. The van der Waals surface area contributed by atoms with Crippen molar-refractivity contribution in [2.24, 2.45) is 5.92 Å². The summed E-state index contributed by atoms with van der Waals surface area (Å²) in [7, 11) is 0. The summed E-state index contributed by atoms with van der Waals surface area (Å²) in [5.41, 5.74) is -0.484. The highest BCUT2D eigenvalue weighted by atomic mass is 35.5. The summed E-state index contributed by atoms with van der Waals surface area (Å²) in [5, 5.41) is 35.9. The molecule has 39 heavy (non-hydrogen) atoms. The van der Waals surface area contributed by atoms with Crippen molar-refractivity contribution in [3.63, 3.8) is 0 Å². The van der Waals surface area contributed by atoms with Crippen molar-refractivity contribution in [2.45, 2.75) is 74.7 Å². The molecule has 2 aromatic carbocycles. The number of carbonyl (C=O) groups excluding carboxylic acids is 1. The third-order valence-corrected chi connectivity index (χ3v) is 8.56. The van der Waals surface area contributed by atoms with Crippen LogP contribution in [0.4, 0.5) is 9.18 Å². The first-order chi connectivity index (χ1) is 18.8. The fraction of sp³-hybridized carbons (Fsp3) is 0.517. The summed E-state index contributed by atoms with van der Waals surface area (Å²) >= 11 is 12.4. The van der Waals surface area contributed by atoms with E-state index in [0.717, 1.165) is 25.7 Å². The van der Waals surface area contributed by atoms with E-state index in [2.05, 4.69) is 16.7 Å². The normalized spacial score (nSPS) is 26.1. The molecule has 1 aliphatic heterocycles. The first kappa shape index (κ1) is 29.6. The molecule has 4 N–H and O–H groups in total. The SMILES string of the molecule is N#C[C@]1(c2ccc(Cl)cc2)[C@H](CC2CCCCC2)N[C@H](OC(=O)NCC[C@H](O)CO)[C@@H]1c1cccc(Cl)c1F. The number of alkyl carbamates (subject to hydrolysis) is 1. The predicted octanol–water partition coefficient (Wildman–Crippen LogP) is 5.42. The van der Waals surface area contributed by atoms with Crippen molar-refractivity contribution in [3.05, 3.63) is 69.5 Å². The van der Waals surface area contributed by atoms with Gasteiger partial charge in [0.1, 0.15) is 11.2 Å². The average Bonchev–Trinajstić information content (AvgIpc) is 3.23. The Balaban J connectivity index is 1.76. The second-order valence-corrected chi connectivity index (χ2v) is 11.3. The van der Waals surface area contributed by atoms with Crippen LogP contribution in [0.2, 0.25) is 10.0 Å². The van der Waals surface area contributed by atoms with Crippen molar-refractivity contribution < 1.29 is 24.1 Å². The molecule has 2 fully saturated rings. The maximum atomic E-state index is 15.6. The van der Waals surface area contributed by atoms with Gasteiger partial charge in [0.05, 0.1) is 29.7 Å². The minimum Gasteiger partial charge on any atom is -0.430 e. The number of benzene rings is 2. The predicted molar refractivity (Wildman–Crippen MR) is 147 cm³/mol. The van der Waals surface area contributed by atoms with Crippen LogP contribution in [0.3, 0.4) is 0 Å². The largest absolute Gasteiger partial charge is 0.430 e. The Bertz CT molecular complexity index is 1170. The number of carbonyl (C=O) groups is 1. The Morgan fingerprint density at radius 2 is 1.92 bits per heavy atom. The number of aliphatic hydroxyl groups is 2. The van der Waals surface area contributed by atoms with E-state index in [0.29, 0.717) is 22.9 Å². The van der Waals surface area contributed by atoms with Gasteiger partial charge in [-0.05, 0) is 48.1 Å². The Hall–Kier alpha value is -2.41. The van der Waals surface area contributed by atoms with E-state index in [1.807, 2.05) is 0 Å². The summed E-state index contributed by atoms with van der Waals surface area (Å²) < 4.78 is 21.5. The highest BCUT2D eigenvalue weighted by Gasteiger charge is 2.59. The molecule has 1 saturated carbocycles. The minimum atomic E-state index is -1.30. The molecule has 4 rings (SSSR count). The van der Waals surface area contributed by atoms with Gasteiger partial charge in [-0.1, -0.05) is 79.6 Å². The topological polar surface area (TPSA) is 115 Å². The van der Waals surface area contributed by atoms with Crippen molar-refractivity contribution in [1.29, 1.82) is 5.26 Å². The van der Waals surface area contributed by atoms with Gasteiger partial charge in [0.2, 0.25) is 0 Å². The van der Waals surface area contributed by atoms with Gasteiger partial charge in [-0.15, -0.1) is 0 Å². The van der Waals surface area contributed by atoms with Crippen LogP contribution in [0.5, 0.6) is 0 Å². The molecule has 210 valence electrons. The van der Waals surface area contributed by atoms with Gasteiger partial charge in [0, 0.05) is 17.6 Å². The lowest BCUT2D eigenvalue weighted by atomic mass is 9.64. The first-order valence-electron chi connectivity index (χ1n) is 13.4. The number of nitrogens with one attached hydrogen (secondary N) is 2. The molecule has 5 atom stereocenters. The fourth-order valence-corrected chi connectivity index (χ4v) is 6.38. The number of amides is 1. The van der Waals surface area contributed by atoms with Gasteiger partial charge in [0.25, 0.3) is 0 Å². The van der Waals surface area contributed by atoms with E-state index in [4.69, 9.17) is 33.0 Å². The lowest BCUT2D eigenvalue weighted by Gasteiger charge is -2.36. The fourth-order valence-electron chi connectivity index (χ4n) is 6.07. The summed E-state index contributed by atoms with van der Waals surface area (Å²) in [5.74, 6) is -1.23. The molecular weight excluding hydrogens is 544 g/mol. The standard InChI is InChI=1S/C29H34Cl2FN3O4/c30-20-11-9-19(10-12-20)29(17-33)24(15-18-5-2-1-3-6-18)35-27(39-28(38)34-14-13-21(37)16-36)25(29)22-7-4-8-23(31)26(22)32/h4,7-12,18,21,24-25,27,35-37H,1-3,5-6,13-16H2,(H,34,38)/t21-,24-,25-,27+,29-/m0/s1. The van der Waals surface area contributed by atoms with E-state index in [1.54, 1.807) is 36.4 Å². The molecule has 1 heterocycles. The second kappa shape index (κ2) is 13.3. The molecule has 1 aliphatic carbocycles. The Labute approximate surface area is 238 Å². The lowest BCUT2D eigenvalue weighted by Crippen LogP contribution is -2.43. The van der Waals surface area contributed by atoms with Gasteiger partial charge in [0.15, 0.2) is 6.23 Å². The number of aliphatic hydroxyl groups excluding tert-OH is 2. The third-order valence-electron chi connectivity index (χ3n) is 8.02. The summed E-state index contributed by atoms with van der Waals surface area (Å²) in [6, 6.07) is 13.7. The number of nitrogens with zero attached hydrogens (tertiary/aromatic N) is 1. The molecule has 7 nitrogen and oxygen atoms in total. The van der Waals surface area contributed by atoms with Gasteiger partial charge >= 0.3 is 6.09 Å². The number of nitriles is 1. The van der Waals surface area contributed by atoms with Crippen LogP contribution in [0.25, 0.3) is 0 Å². The summed E-state index contributed by atoms with van der Waals surface area (Å²) in [6.07, 6.45) is 3.47. The molecule has 2 aromatic rings. The molecule has 0 aromatic heterocycles. The smallest absolute Gasteiger partial charge is 0.408 e. The van der Waals surface area contributed by atoms with Crippen molar-refractivity contribution >= 4 is 29.3 Å². The molecule has 2 aliphatic rings. The van der Waals surface area contributed by atoms with Gasteiger partial charge in [-0.25, -0.2) is 9.18 Å². The van der Waals surface area contributed by atoms with E-state index < -0.39 is 48.2 Å². The zero-order valence-electron chi connectivity index (χ0n) is 21.6. The summed E-state index contributed by atoms with van der Waals surface area (Å²) in [4.78, 5) is 12.8. The van der Waals surface area contributed by atoms with E-state index >= 15 is 4.39 Å². The molecule has 0 bridgehead atoms. The maximum absolute atomic E-state index is 15.6. The van der Waals surface area contributed by atoms with Crippen molar-refractivity contribution in [2.75, 3.05) is 13.2 Å². The van der Waals surface area contributed by atoms with Crippen LogP contribution in [0, 0.1) is 23.1 Å². The molecule has 1 saturated heterocycles. The van der Waals surface area contributed by atoms with Crippen molar-refractivity contribution in [3.8, 4) is 6.07 Å². The zero-order valence-corrected chi connectivity index (χ0v) is 23.1. The van der Waals surface area contributed by atoms with Crippen LogP contribution in [-0.2, 0) is 10.2 Å².